The molecule has 0 bridgehead atoms. The quantitative estimate of drug-likeness (QED) is 0.639. The summed E-state index contributed by atoms with van der Waals surface area (Å²) in [6, 6.07) is 3.58. The second kappa shape index (κ2) is 4.20. The van der Waals surface area contributed by atoms with E-state index >= 15 is 0 Å². The third-order valence-corrected chi connectivity index (χ3v) is 3.61. The summed E-state index contributed by atoms with van der Waals surface area (Å²) in [6.07, 6.45) is 3.28. The van der Waals surface area contributed by atoms with Crippen molar-refractivity contribution in [1.29, 1.82) is 0 Å². The van der Waals surface area contributed by atoms with Gasteiger partial charge in [-0.2, -0.15) is 0 Å². The fraction of sp³-hybridized carbons (Fsp3) is 0.417. The van der Waals surface area contributed by atoms with E-state index in [1.165, 1.54) is 7.11 Å². The normalized spacial score (nSPS) is 30.5. The average Bonchev–Trinajstić information content (AvgIpc) is 2.61. The van der Waals surface area contributed by atoms with Crippen molar-refractivity contribution in [1.82, 2.24) is 10.3 Å². The van der Waals surface area contributed by atoms with E-state index in [-0.39, 0.29) is 5.17 Å². The first-order valence-electron chi connectivity index (χ1n) is 5.44. The summed E-state index contributed by atoms with van der Waals surface area (Å²) >= 11 is 5.03. The lowest BCUT2D eigenvalue weighted by molar-refractivity contribution is -0.153. The van der Waals surface area contributed by atoms with Crippen LogP contribution in [0.2, 0.25) is 0 Å². The standard InChI is InChI=1S/C12H14N2O3S/c1-11(9(15)16-3)12(2,17-10(18)14-11)8-4-6-13-7-5-8/h4-7H,1-3H3,(H,14,18)/t11-,12+/m0/s1. The van der Waals surface area contributed by atoms with Gasteiger partial charge in [0.25, 0.3) is 5.17 Å². The van der Waals surface area contributed by atoms with E-state index in [0.29, 0.717) is 0 Å². The number of carbonyl (C=O) groups excluding carboxylic acids is 1. The predicted octanol–water partition coefficient (Wildman–Crippen LogP) is 1.13. The zero-order valence-electron chi connectivity index (χ0n) is 10.4. The van der Waals surface area contributed by atoms with Gasteiger partial charge in [0, 0.05) is 18.0 Å². The SMILES string of the molecule is COC(=O)[C@]1(C)NC(=S)O[C@]1(C)c1ccncc1. The molecule has 0 unspecified atom stereocenters. The largest absolute Gasteiger partial charge is 0.467 e. The monoisotopic (exact) mass is 266 g/mol. The van der Waals surface area contributed by atoms with Crippen LogP contribution < -0.4 is 5.32 Å². The zero-order chi connectivity index (χ0) is 13.4. The Hall–Kier alpha value is -1.69. The second-order valence-electron chi connectivity index (χ2n) is 4.40. The summed E-state index contributed by atoms with van der Waals surface area (Å²) in [5, 5.41) is 3.07. The van der Waals surface area contributed by atoms with Crippen molar-refractivity contribution >= 4 is 23.4 Å². The van der Waals surface area contributed by atoms with Gasteiger partial charge in [0.05, 0.1) is 7.11 Å². The Kier molecular flexibility index (Phi) is 2.98. The van der Waals surface area contributed by atoms with Gasteiger partial charge in [0.2, 0.25) is 0 Å². The fourth-order valence-corrected chi connectivity index (χ4v) is 2.47. The first-order valence-corrected chi connectivity index (χ1v) is 5.85. The summed E-state index contributed by atoms with van der Waals surface area (Å²) in [6.45, 7) is 3.50. The Labute approximate surface area is 110 Å². The van der Waals surface area contributed by atoms with Crippen LogP contribution in [0.25, 0.3) is 0 Å². The highest BCUT2D eigenvalue weighted by molar-refractivity contribution is 7.80. The highest BCUT2D eigenvalue weighted by Crippen LogP contribution is 2.41. The number of hydrogen-bond donors (Lipinski definition) is 1. The van der Waals surface area contributed by atoms with Crippen LogP contribution in [0.4, 0.5) is 0 Å². The summed E-state index contributed by atoms with van der Waals surface area (Å²) in [4.78, 5) is 16.0. The van der Waals surface area contributed by atoms with Crippen molar-refractivity contribution in [2.45, 2.75) is 25.0 Å². The van der Waals surface area contributed by atoms with E-state index in [4.69, 9.17) is 21.7 Å². The number of pyridine rings is 1. The lowest BCUT2D eigenvalue weighted by atomic mass is 9.78. The molecular formula is C12H14N2O3S. The third-order valence-electron chi connectivity index (χ3n) is 3.43. The molecule has 0 spiro atoms. The maximum absolute atomic E-state index is 12.0. The Morgan fingerprint density at radius 3 is 2.61 bits per heavy atom. The van der Waals surface area contributed by atoms with E-state index in [1.807, 2.05) is 0 Å². The van der Waals surface area contributed by atoms with Gasteiger partial charge in [-0.05, 0) is 38.2 Å². The molecule has 0 aliphatic carbocycles. The van der Waals surface area contributed by atoms with Crippen molar-refractivity contribution in [2.24, 2.45) is 0 Å². The van der Waals surface area contributed by atoms with Gasteiger partial charge in [-0.25, -0.2) is 4.79 Å². The number of aromatic nitrogens is 1. The molecule has 18 heavy (non-hydrogen) atoms. The number of esters is 1. The Morgan fingerprint density at radius 2 is 2.06 bits per heavy atom. The summed E-state index contributed by atoms with van der Waals surface area (Å²) < 4.78 is 10.5. The highest BCUT2D eigenvalue weighted by Gasteiger charge is 2.60. The molecule has 0 aromatic carbocycles. The number of nitrogens with zero attached hydrogens (tertiary/aromatic N) is 1. The summed E-state index contributed by atoms with van der Waals surface area (Å²) in [5.74, 6) is -0.429. The van der Waals surface area contributed by atoms with Gasteiger partial charge in [0.15, 0.2) is 11.1 Å². The van der Waals surface area contributed by atoms with Gasteiger partial charge in [0.1, 0.15) is 0 Å². The fourth-order valence-electron chi connectivity index (χ4n) is 2.10. The molecule has 96 valence electrons. The molecule has 1 N–H and O–H groups in total. The van der Waals surface area contributed by atoms with Gasteiger partial charge in [-0.15, -0.1) is 0 Å². The molecule has 1 aromatic rings. The van der Waals surface area contributed by atoms with Crippen LogP contribution in [-0.4, -0.2) is 28.8 Å². The van der Waals surface area contributed by atoms with Gasteiger partial charge >= 0.3 is 5.97 Å². The van der Waals surface area contributed by atoms with E-state index < -0.39 is 17.1 Å². The predicted molar refractivity (Wildman–Crippen MR) is 68.8 cm³/mol. The second-order valence-corrected chi connectivity index (χ2v) is 4.77. The van der Waals surface area contributed by atoms with Gasteiger partial charge in [-0.3, -0.25) is 4.98 Å². The summed E-state index contributed by atoms with van der Waals surface area (Å²) in [7, 11) is 1.34. The third kappa shape index (κ3) is 1.64. The molecule has 2 heterocycles. The lowest BCUT2D eigenvalue weighted by Gasteiger charge is -2.35. The van der Waals surface area contributed by atoms with Crippen molar-refractivity contribution in [2.75, 3.05) is 7.11 Å². The van der Waals surface area contributed by atoms with Gasteiger partial charge < -0.3 is 14.8 Å². The molecule has 0 amide bonds. The molecule has 1 saturated heterocycles. The number of nitrogens with one attached hydrogen (secondary N) is 1. The number of hydrogen-bond acceptors (Lipinski definition) is 5. The summed E-state index contributed by atoms with van der Waals surface area (Å²) in [5.41, 5.74) is -1.20. The van der Waals surface area contributed by atoms with E-state index in [2.05, 4.69) is 10.3 Å². The van der Waals surface area contributed by atoms with E-state index in [0.717, 1.165) is 5.56 Å². The number of rotatable bonds is 2. The molecule has 0 radical (unpaired) electrons. The molecule has 5 nitrogen and oxygen atoms in total. The van der Waals surface area contributed by atoms with Crippen LogP contribution in [-0.2, 0) is 19.9 Å². The Balaban J connectivity index is 2.53. The number of carbonyl (C=O) groups is 1. The Bertz CT molecular complexity index is 493. The molecule has 2 rings (SSSR count). The van der Waals surface area contributed by atoms with Crippen molar-refractivity contribution < 1.29 is 14.3 Å². The van der Waals surface area contributed by atoms with Crippen LogP contribution in [0, 0.1) is 0 Å². The van der Waals surface area contributed by atoms with Crippen molar-refractivity contribution in [3.05, 3.63) is 30.1 Å². The minimum atomic E-state index is -1.07. The first-order chi connectivity index (χ1) is 8.44. The van der Waals surface area contributed by atoms with Crippen LogP contribution in [0.5, 0.6) is 0 Å². The average molecular weight is 266 g/mol. The lowest BCUT2D eigenvalue weighted by Crippen LogP contribution is -2.57. The van der Waals surface area contributed by atoms with Crippen LogP contribution in [0.15, 0.2) is 24.5 Å². The van der Waals surface area contributed by atoms with Gasteiger partial charge in [-0.1, -0.05) is 0 Å². The number of ether oxygens (including phenoxy) is 2. The van der Waals surface area contributed by atoms with E-state index in [9.17, 15) is 4.79 Å². The smallest absolute Gasteiger partial charge is 0.335 e. The number of thiocarbonyl (C=S) groups is 1. The van der Waals surface area contributed by atoms with Crippen LogP contribution in [0.3, 0.4) is 0 Å². The maximum atomic E-state index is 12.0. The van der Waals surface area contributed by atoms with Crippen molar-refractivity contribution in [3.8, 4) is 0 Å². The van der Waals surface area contributed by atoms with Crippen LogP contribution >= 0.6 is 12.2 Å². The van der Waals surface area contributed by atoms with Crippen LogP contribution in [0.1, 0.15) is 19.4 Å². The molecule has 6 heteroatoms. The maximum Gasteiger partial charge on any atom is 0.335 e. The van der Waals surface area contributed by atoms with Crippen molar-refractivity contribution in [3.63, 3.8) is 0 Å². The molecule has 1 aliphatic rings. The number of methoxy groups -OCH3 is 1. The minimum Gasteiger partial charge on any atom is -0.467 e. The Morgan fingerprint density at radius 1 is 1.44 bits per heavy atom. The molecule has 2 atom stereocenters. The topological polar surface area (TPSA) is 60.5 Å². The first kappa shape index (κ1) is 12.8. The molecule has 1 aromatic heterocycles. The zero-order valence-corrected chi connectivity index (χ0v) is 11.2. The molecule has 1 aliphatic heterocycles. The highest BCUT2D eigenvalue weighted by atomic mass is 32.1. The molecule has 1 fully saturated rings. The minimum absolute atomic E-state index is 0.183. The molecule has 0 saturated carbocycles. The van der Waals surface area contributed by atoms with E-state index in [1.54, 1.807) is 38.4 Å². The molecular weight excluding hydrogens is 252 g/mol.